The molecule has 2 atom stereocenters. The fourth-order valence-corrected chi connectivity index (χ4v) is 3.22. The summed E-state index contributed by atoms with van der Waals surface area (Å²) in [6, 6.07) is 3.01. The number of benzene rings is 1. The van der Waals surface area contributed by atoms with Gasteiger partial charge in [-0.3, -0.25) is 10.1 Å². The van der Waals surface area contributed by atoms with Crippen LogP contribution in [-0.2, 0) is 0 Å². The van der Waals surface area contributed by atoms with E-state index in [0.29, 0.717) is 21.8 Å². The number of nitrogens with zero attached hydrogens (tertiary/aromatic N) is 1. The molecule has 0 spiro atoms. The Bertz CT molecular complexity index is 485. The Labute approximate surface area is 128 Å². The number of anilines is 1. The van der Waals surface area contributed by atoms with Crippen LogP contribution in [0.3, 0.4) is 0 Å². The molecule has 1 aromatic carbocycles. The van der Waals surface area contributed by atoms with E-state index in [1.54, 1.807) is 0 Å². The van der Waals surface area contributed by atoms with Crippen LogP contribution in [0.15, 0.2) is 12.1 Å². The monoisotopic (exact) mass is 316 g/mol. The Morgan fingerprint density at radius 2 is 1.85 bits per heavy atom. The summed E-state index contributed by atoms with van der Waals surface area (Å²) in [6.45, 7) is 2.27. The summed E-state index contributed by atoms with van der Waals surface area (Å²) in [4.78, 5) is 10.3. The molecule has 1 aromatic rings. The molecular formula is C14H18Cl2N2O2. The molecule has 110 valence electrons. The van der Waals surface area contributed by atoms with Crippen LogP contribution in [0, 0.1) is 16.0 Å². The van der Waals surface area contributed by atoms with E-state index >= 15 is 0 Å². The van der Waals surface area contributed by atoms with Crippen molar-refractivity contribution in [1.82, 2.24) is 0 Å². The number of hydrogen-bond acceptors (Lipinski definition) is 3. The third-order valence-electron chi connectivity index (χ3n) is 3.84. The summed E-state index contributed by atoms with van der Waals surface area (Å²) in [7, 11) is 0. The van der Waals surface area contributed by atoms with E-state index in [-0.39, 0.29) is 5.69 Å². The molecule has 1 fully saturated rings. The highest BCUT2D eigenvalue weighted by Crippen LogP contribution is 2.36. The minimum atomic E-state index is -0.491. The van der Waals surface area contributed by atoms with Crippen LogP contribution in [0.5, 0.6) is 0 Å². The van der Waals surface area contributed by atoms with Gasteiger partial charge in [-0.15, -0.1) is 0 Å². The average Bonchev–Trinajstić information content (AvgIpc) is 2.58. The lowest BCUT2D eigenvalue weighted by molar-refractivity contribution is -0.384. The molecule has 1 aliphatic rings. The van der Waals surface area contributed by atoms with Crippen LogP contribution in [-0.4, -0.2) is 11.0 Å². The Morgan fingerprint density at radius 1 is 1.20 bits per heavy atom. The zero-order chi connectivity index (χ0) is 14.7. The van der Waals surface area contributed by atoms with Crippen LogP contribution in [0.1, 0.15) is 39.0 Å². The van der Waals surface area contributed by atoms with Crippen molar-refractivity contribution in [3.8, 4) is 0 Å². The fourth-order valence-electron chi connectivity index (χ4n) is 2.64. The highest BCUT2D eigenvalue weighted by molar-refractivity contribution is 6.39. The zero-order valence-corrected chi connectivity index (χ0v) is 12.9. The molecule has 20 heavy (non-hydrogen) atoms. The van der Waals surface area contributed by atoms with Gasteiger partial charge in [0.25, 0.3) is 5.69 Å². The second kappa shape index (κ2) is 6.64. The molecule has 0 bridgehead atoms. The van der Waals surface area contributed by atoms with Gasteiger partial charge in [0.2, 0.25) is 0 Å². The van der Waals surface area contributed by atoms with Gasteiger partial charge in [0.1, 0.15) is 0 Å². The molecule has 0 heterocycles. The predicted molar refractivity (Wildman–Crippen MR) is 82.8 cm³/mol. The molecule has 0 radical (unpaired) electrons. The maximum absolute atomic E-state index is 10.8. The average molecular weight is 317 g/mol. The van der Waals surface area contributed by atoms with Gasteiger partial charge in [-0.05, 0) is 25.2 Å². The normalized spacial score (nSPS) is 23.1. The minimum absolute atomic E-state index is 0.0833. The van der Waals surface area contributed by atoms with Crippen molar-refractivity contribution in [3.05, 3.63) is 32.3 Å². The summed E-state index contributed by atoms with van der Waals surface area (Å²) in [5, 5.41) is 14.7. The maximum atomic E-state index is 10.8. The predicted octanol–water partition coefficient (Wildman–Crippen LogP) is 5.28. The SMILES string of the molecule is CC1CCCC(Nc2c(Cl)cc([N+](=O)[O-])cc2Cl)CC1. The molecule has 0 aromatic heterocycles. The van der Waals surface area contributed by atoms with Gasteiger partial charge in [0.15, 0.2) is 0 Å². The van der Waals surface area contributed by atoms with Crippen LogP contribution in [0.2, 0.25) is 10.0 Å². The van der Waals surface area contributed by atoms with Gasteiger partial charge in [-0.25, -0.2) is 0 Å². The van der Waals surface area contributed by atoms with E-state index in [9.17, 15) is 10.1 Å². The highest BCUT2D eigenvalue weighted by Gasteiger charge is 2.20. The van der Waals surface area contributed by atoms with E-state index in [1.807, 2.05) is 0 Å². The molecule has 2 rings (SSSR count). The first-order valence-electron chi connectivity index (χ1n) is 6.87. The topological polar surface area (TPSA) is 55.2 Å². The quantitative estimate of drug-likeness (QED) is 0.468. The molecule has 2 unspecified atom stereocenters. The van der Waals surface area contributed by atoms with E-state index < -0.39 is 4.92 Å². The van der Waals surface area contributed by atoms with Gasteiger partial charge in [-0.2, -0.15) is 0 Å². The molecular weight excluding hydrogens is 299 g/mol. The standard InChI is InChI=1S/C14H18Cl2N2O2/c1-9-3-2-4-10(6-5-9)17-14-12(15)7-11(18(19)20)8-13(14)16/h7-10,17H,2-6H2,1H3. The molecule has 0 saturated heterocycles. The third-order valence-corrected chi connectivity index (χ3v) is 4.44. The Hall–Kier alpha value is -1.00. The molecule has 6 heteroatoms. The van der Waals surface area contributed by atoms with Gasteiger partial charge >= 0.3 is 0 Å². The lowest BCUT2D eigenvalue weighted by Crippen LogP contribution is -2.19. The number of rotatable bonds is 3. The van der Waals surface area contributed by atoms with Crippen LogP contribution >= 0.6 is 23.2 Å². The second-order valence-electron chi connectivity index (χ2n) is 5.50. The Balaban J connectivity index is 2.14. The fraction of sp³-hybridized carbons (Fsp3) is 0.571. The van der Waals surface area contributed by atoms with Crippen molar-refractivity contribution in [2.45, 2.75) is 45.1 Å². The highest BCUT2D eigenvalue weighted by atomic mass is 35.5. The van der Waals surface area contributed by atoms with Gasteiger partial charge in [0.05, 0.1) is 20.7 Å². The minimum Gasteiger partial charge on any atom is -0.380 e. The molecule has 0 amide bonds. The Kier molecular flexibility index (Phi) is 5.11. The van der Waals surface area contributed by atoms with E-state index in [0.717, 1.165) is 18.8 Å². The zero-order valence-electron chi connectivity index (χ0n) is 11.4. The number of nitro groups is 1. The summed E-state index contributed by atoms with van der Waals surface area (Å²) in [5.41, 5.74) is 0.526. The number of halogens is 2. The molecule has 1 N–H and O–H groups in total. The smallest absolute Gasteiger partial charge is 0.272 e. The number of hydrogen-bond donors (Lipinski definition) is 1. The first-order chi connectivity index (χ1) is 9.47. The summed E-state index contributed by atoms with van der Waals surface area (Å²) in [6.07, 6.45) is 5.76. The lowest BCUT2D eigenvalue weighted by Gasteiger charge is -2.19. The lowest BCUT2D eigenvalue weighted by atomic mass is 10.0. The van der Waals surface area contributed by atoms with E-state index in [2.05, 4.69) is 12.2 Å². The summed E-state index contributed by atoms with van der Waals surface area (Å²) in [5.74, 6) is 0.754. The van der Waals surface area contributed by atoms with Gasteiger partial charge in [-0.1, -0.05) is 43.0 Å². The van der Waals surface area contributed by atoms with E-state index in [4.69, 9.17) is 23.2 Å². The third kappa shape index (κ3) is 3.76. The van der Waals surface area contributed by atoms with Crippen molar-refractivity contribution in [3.63, 3.8) is 0 Å². The van der Waals surface area contributed by atoms with Crippen molar-refractivity contribution < 1.29 is 4.92 Å². The number of nitrogens with one attached hydrogen (secondary N) is 1. The van der Waals surface area contributed by atoms with Crippen molar-refractivity contribution >= 4 is 34.6 Å². The van der Waals surface area contributed by atoms with Crippen LogP contribution < -0.4 is 5.32 Å². The van der Waals surface area contributed by atoms with Crippen molar-refractivity contribution in [2.24, 2.45) is 5.92 Å². The maximum Gasteiger partial charge on any atom is 0.272 e. The van der Waals surface area contributed by atoms with Crippen LogP contribution in [0.4, 0.5) is 11.4 Å². The molecule has 1 saturated carbocycles. The van der Waals surface area contributed by atoms with Gasteiger partial charge in [0, 0.05) is 18.2 Å². The summed E-state index contributed by atoms with van der Waals surface area (Å²) >= 11 is 12.2. The Morgan fingerprint density at radius 3 is 2.45 bits per heavy atom. The number of nitro benzene ring substituents is 1. The van der Waals surface area contributed by atoms with Crippen LogP contribution in [0.25, 0.3) is 0 Å². The second-order valence-corrected chi connectivity index (χ2v) is 6.31. The number of non-ortho nitro benzene ring substituents is 1. The van der Waals surface area contributed by atoms with Gasteiger partial charge < -0.3 is 5.32 Å². The largest absolute Gasteiger partial charge is 0.380 e. The molecule has 4 nitrogen and oxygen atoms in total. The van der Waals surface area contributed by atoms with E-state index in [1.165, 1.54) is 31.4 Å². The van der Waals surface area contributed by atoms with Crippen molar-refractivity contribution in [1.29, 1.82) is 0 Å². The first kappa shape index (κ1) is 15.4. The summed E-state index contributed by atoms with van der Waals surface area (Å²) < 4.78 is 0. The molecule has 1 aliphatic carbocycles. The molecule has 0 aliphatic heterocycles. The first-order valence-corrected chi connectivity index (χ1v) is 7.63. The van der Waals surface area contributed by atoms with Crippen molar-refractivity contribution in [2.75, 3.05) is 5.32 Å².